The lowest BCUT2D eigenvalue weighted by Crippen LogP contribution is -2.29. The van der Waals surface area contributed by atoms with E-state index < -0.39 is 0 Å². The Bertz CT molecular complexity index is 87.3. The van der Waals surface area contributed by atoms with Crippen LogP contribution in [0.1, 0.15) is 20.3 Å². The van der Waals surface area contributed by atoms with Crippen molar-refractivity contribution in [2.75, 3.05) is 12.4 Å². The van der Waals surface area contributed by atoms with E-state index in [-0.39, 0.29) is 0 Å². The Morgan fingerprint density at radius 2 is 2.30 bits per heavy atom. The molecule has 0 aromatic carbocycles. The van der Waals surface area contributed by atoms with Gasteiger partial charge in [-0.2, -0.15) is 0 Å². The molecule has 0 aliphatic carbocycles. The number of nitrogens with one attached hydrogen (secondary N) is 1. The number of alkyl halides is 1. The van der Waals surface area contributed by atoms with Gasteiger partial charge in [-0.1, -0.05) is 19.1 Å². The molecular weight excluding hydrogens is 146 g/mol. The van der Waals surface area contributed by atoms with Gasteiger partial charge in [0.15, 0.2) is 0 Å². The summed E-state index contributed by atoms with van der Waals surface area (Å²) in [5.74, 6) is 0.702. The summed E-state index contributed by atoms with van der Waals surface area (Å²) in [7, 11) is 0. The molecule has 0 amide bonds. The summed E-state index contributed by atoms with van der Waals surface area (Å²) in [5, 5.41) is 3.30. The molecule has 0 aromatic rings. The van der Waals surface area contributed by atoms with Gasteiger partial charge in [0.2, 0.25) is 0 Å². The van der Waals surface area contributed by atoms with Crippen LogP contribution in [0, 0.1) is 0 Å². The molecule has 2 heteroatoms. The van der Waals surface area contributed by atoms with E-state index in [0.29, 0.717) is 11.9 Å². The van der Waals surface area contributed by atoms with Crippen LogP contribution in [-0.4, -0.2) is 18.5 Å². The molecule has 0 spiro atoms. The van der Waals surface area contributed by atoms with Crippen LogP contribution in [0.2, 0.25) is 0 Å². The fourth-order valence-corrected chi connectivity index (χ4v) is 0.988. The monoisotopic (exact) mass is 161 g/mol. The first-order valence-electron chi connectivity index (χ1n) is 3.75. The van der Waals surface area contributed by atoms with Crippen molar-refractivity contribution in [3.63, 3.8) is 0 Å². The van der Waals surface area contributed by atoms with Crippen LogP contribution < -0.4 is 5.32 Å². The summed E-state index contributed by atoms with van der Waals surface area (Å²) in [5.41, 5.74) is 0. The minimum atomic E-state index is 0.470. The maximum atomic E-state index is 5.66. The third kappa shape index (κ3) is 4.83. The average molecular weight is 162 g/mol. The summed E-state index contributed by atoms with van der Waals surface area (Å²) >= 11 is 5.66. The summed E-state index contributed by atoms with van der Waals surface area (Å²) in [6, 6.07) is 0.470. The molecule has 0 saturated heterocycles. The van der Waals surface area contributed by atoms with Gasteiger partial charge in [-0.05, 0) is 13.3 Å². The predicted molar refractivity (Wildman–Crippen MR) is 47.6 cm³/mol. The van der Waals surface area contributed by atoms with Crippen molar-refractivity contribution in [3.05, 3.63) is 12.2 Å². The van der Waals surface area contributed by atoms with Crippen molar-refractivity contribution in [2.45, 2.75) is 26.3 Å². The lowest BCUT2D eigenvalue weighted by Gasteiger charge is -2.10. The van der Waals surface area contributed by atoms with E-state index in [1.165, 1.54) is 0 Å². The Kier molecular flexibility index (Phi) is 7.09. The first-order valence-corrected chi connectivity index (χ1v) is 4.29. The van der Waals surface area contributed by atoms with Gasteiger partial charge >= 0.3 is 0 Å². The van der Waals surface area contributed by atoms with Crippen molar-refractivity contribution in [1.29, 1.82) is 0 Å². The maximum Gasteiger partial charge on any atom is 0.0377 e. The highest BCUT2D eigenvalue weighted by molar-refractivity contribution is 6.18. The molecule has 0 aliphatic rings. The standard InChI is InChI=1S/C8H16ClN/c1-3-5-6-10-8(4-2)7-9/h3,5,8,10H,4,6-7H2,1-2H3/b5-3+. The molecule has 1 N–H and O–H groups in total. The zero-order valence-corrected chi connectivity index (χ0v) is 7.49. The van der Waals surface area contributed by atoms with E-state index >= 15 is 0 Å². The van der Waals surface area contributed by atoms with E-state index in [1.807, 2.05) is 13.0 Å². The van der Waals surface area contributed by atoms with E-state index in [1.54, 1.807) is 0 Å². The van der Waals surface area contributed by atoms with E-state index in [4.69, 9.17) is 11.6 Å². The third-order valence-corrected chi connectivity index (χ3v) is 1.81. The molecule has 60 valence electrons. The van der Waals surface area contributed by atoms with E-state index in [9.17, 15) is 0 Å². The summed E-state index contributed by atoms with van der Waals surface area (Å²) < 4.78 is 0. The number of hydrogen-bond donors (Lipinski definition) is 1. The highest BCUT2D eigenvalue weighted by Crippen LogP contribution is 1.92. The minimum Gasteiger partial charge on any atom is -0.309 e. The molecule has 0 aliphatic heterocycles. The fraction of sp³-hybridized carbons (Fsp3) is 0.750. The summed E-state index contributed by atoms with van der Waals surface area (Å²) in [6.45, 7) is 5.08. The van der Waals surface area contributed by atoms with Crippen molar-refractivity contribution < 1.29 is 0 Å². The fourth-order valence-electron chi connectivity index (χ4n) is 0.661. The average Bonchev–Trinajstić information content (AvgIpc) is 1.99. The van der Waals surface area contributed by atoms with Crippen molar-refractivity contribution in [1.82, 2.24) is 5.32 Å². The Morgan fingerprint density at radius 1 is 1.60 bits per heavy atom. The van der Waals surface area contributed by atoms with Crippen molar-refractivity contribution in [3.8, 4) is 0 Å². The zero-order valence-electron chi connectivity index (χ0n) is 6.73. The lowest BCUT2D eigenvalue weighted by atomic mass is 10.2. The second-order valence-corrected chi connectivity index (χ2v) is 2.55. The second kappa shape index (κ2) is 7.10. The predicted octanol–water partition coefficient (Wildman–Crippen LogP) is 2.17. The van der Waals surface area contributed by atoms with Crippen LogP contribution in [0.15, 0.2) is 12.2 Å². The molecule has 0 fully saturated rings. The van der Waals surface area contributed by atoms with Crippen LogP contribution in [0.5, 0.6) is 0 Å². The molecule has 0 rings (SSSR count). The third-order valence-electron chi connectivity index (χ3n) is 1.44. The first kappa shape index (κ1) is 9.99. The molecule has 0 radical (unpaired) electrons. The Labute approximate surface area is 68.5 Å². The van der Waals surface area contributed by atoms with Gasteiger partial charge in [0, 0.05) is 18.5 Å². The van der Waals surface area contributed by atoms with Gasteiger partial charge in [0.25, 0.3) is 0 Å². The van der Waals surface area contributed by atoms with Crippen LogP contribution in [0.4, 0.5) is 0 Å². The molecule has 0 aromatic heterocycles. The Balaban J connectivity index is 3.25. The SMILES string of the molecule is C/C=C/CNC(CC)CCl. The second-order valence-electron chi connectivity index (χ2n) is 2.24. The quantitative estimate of drug-likeness (QED) is 0.482. The van der Waals surface area contributed by atoms with Crippen LogP contribution in [-0.2, 0) is 0 Å². The van der Waals surface area contributed by atoms with Crippen molar-refractivity contribution >= 4 is 11.6 Å². The molecule has 0 bridgehead atoms. The van der Waals surface area contributed by atoms with Crippen LogP contribution in [0.25, 0.3) is 0 Å². The smallest absolute Gasteiger partial charge is 0.0377 e. The van der Waals surface area contributed by atoms with Crippen LogP contribution >= 0.6 is 11.6 Å². The lowest BCUT2D eigenvalue weighted by molar-refractivity contribution is 0.572. The molecule has 1 nitrogen and oxygen atoms in total. The largest absolute Gasteiger partial charge is 0.309 e. The number of halogens is 1. The first-order chi connectivity index (χ1) is 4.85. The topological polar surface area (TPSA) is 12.0 Å². The molecule has 1 unspecified atom stereocenters. The maximum absolute atomic E-state index is 5.66. The van der Waals surface area contributed by atoms with Crippen LogP contribution in [0.3, 0.4) is 0 Å². The van der Waals surface area contributed by atoms with Gasteiger partial charge in [-0.25, -0.2) is 0 Å². The number of allylic oxidation sites excluding steroid dienone is 1. The summed E-state index contributed by atoms with van der Waals surface area (Å²) in [4.78, 5) is 0. The van der Waals surface area contributed by atoms with Gasteiger partial charge in [0.1, 0.15) is 0 Å². The Hall–Kier alpha value is -0.0100. The Morgan fingerprint density at radius 3 is 2.70 bits per heavy atom. The van der Waals surface area contributed by atoms with E-state index in [2.05, 4.69) is 18.3 Å². The highest BCUT2D eigenvalue weighted by Gasteiger charge is 1.99. The van der Waals surface area contributed by atoms with E-state index in [0.717, 1.165) is 13.0 Å². The van der Waals surface area contributed by atoms with Gasteiger partial charge < -0.3 is 5.32 Å². The molecule has 0 heterocycles. The van der Waals surface area contributed by atoms with Gasteiger partial charge in [-0.3, -0.25) is 0 Å². The normalized spacial score (nSPS) is 14.3. The molecule has 1 atom stereocenters. The number of hydrogen-bond acceptors (Lipinski definition) is 1. The zero-order chi connectivity index (χ0) is 7.82. The van der Waals surface area contributed by atoms with Crippen molar-refractivity contribution in [2.24, 2.45) is 0 Å². The summed E-state index contributed by atoms with van der Waals surface area (Å²) in [6.07, 6.45) is 5.23. The highest BCUT2D eigenvalue weighted by atomic mass is 35.5. The minimum absolute atomic E-state index is 0.470. The number of rotatable bonds is 5. The van der Waals surface area contributed by atoms with Gasteiger partial charge in [0.05, 0.1) is 0 Å². The molecular formula is C8H16ClN. The molecule has 0 saturated carbocycles. The molecule has 10 heavy (non-hydrogen) atoms. The van der Waals surface area contributed by atoms with Gasteiger partial charge in [-0.15, -0.1) is 11.6 Å².